The van der Waals surface area contributed by atoms with E-state index < -0.39 is 17.4 Å². The van der Waals surface area contributed by atoms with E-state index in [1.165, 1.54) is 11.1 Å². The van der Waals surface area contributed by atoms with Crippen molar-refractivity contribution in [1.29, 1.82) is 0 Å². The Labute approximate surface area is 164 Å². The normalized spacial score (nSPS) is 24.4. The van der Waals surface area contributed by atoms with Gasteiger partial charge in [0.15, 0.2) is 0 Å². The molecule has 2 aliphatic carbocycles. The van der Waals surface area contributed by atoms with Crippen LogP contribution in [0.1, 0.15) is 34.8 Å². The highest BCUT2D eigenvalue weighted by atomic mass is 16.2. The summed E-state index contributed by atoms with van der Waals surface area (Å²) in [6, 6.07) is 8.35. The van der Waals surface area contributed by atoms with E-state index in [0.29, 0.717) is 12.8 Å². The number of hydrogen-bond donors (Lipinski definition) is 1. The van der Waals surface area contributed by atoms with Crippen LogP contribution in [0.4, 0.5) is 0 Å². The quantitative estimate of drug-likeness (QED) is 0.821. The van der Waals surface area contributed by atoms with Crippen molar-refractivity contribution < 1.29 is 9.59 Å². The molecular formula is C22H24N4O2. The Morgan fingerprint density at radius 1 is 1.21 bits per heavy atom. The van der Waals surface area contributed by atoms with Gasteiger partial charge < -0.3 is 9.88 Å². The highest BCUT2D eigenvalue weighted by Crippen LogP contribution is 2.44. The lowest BCUT2D eigenvalue weighted by Gasteiger charge is -2.39. The molecule has 2 aromatic rings. The zero-order valence-corrected chi connectivity index (χ0v) is 16.5. The van der Waals surface area contributed by atoms with Gasteiger partial charge in [0.2, 0.25) is 5.91 Å². The Morgan fingerprint density at radius 3 is 2.54 bits per heavy atom. The second kappa shape index (κ2) is 5.87. The minimum absolute atomic E-state index is 0.0961. The van der Waals surface area contributed by atoms with Gasteiger partial charge in [-0.25, -0.2) is 4.98 Å². The lowest BCUT2D eigenvalue weighted by Crippen LogP contribution is -2.51. The van der Waals surface area contributed by atoms with Gasteiger partial charge in [0.25, 0.3) is 0 Å². The minimum Gasteiger partial charge on any atom is -0.359 e. The average molecular weight is 376 g/mol. The molecule has 5 rings (SSSR count). The van der Waals surface area contributed by atoms with Crippen molar-refractivity contribution in [2.75, 3.05) is 7.05 Å². The van der Waals surface area contributed by atoms with Crippen LogP contribution < -0.4 is 5.32 Å². The fourth-order valence-corrected chi connectivity index (χ4v) is 5.29. The summed E-state index contributed by atoms with van der Waals surface area (Å²) in [6.45, 7) is 1.95. The molecule has 2 atom stereocenters. The highest BCUT2D eigenvalue weighted by Gasteiger charge is 2.51. The zero-order chi connectivity index (χ0) is 19.6. The maximum Gasteiger partial charge on any atom is 0.224 e. The monoisotopic (exact) mass is 376 g/mol. The molecule has 28 heavy (non-hydrogen) atoms. The number of Topliss-reactive ketones (excluding diaryl/α,β-unsaturated/α-hetero) is 1. The summed E-state index contributed by atoms with van der Waals surface area (Å²) in [5.74, 6) is 0.00289. The summed E-state index contributed by atoms with van der Waals surface area (Å²) < 4.78 is 2.03. The van der Waals surface area contributed by atoms with Crippen molar-refractivity contribution in [1.82, 2.24) is 14.9 Å². The first-order valence-electron chi connectivity index (χ1n) is 9.86. The van der Waals surface area contributed by atoms with E-state index in [2.05, 4.69) is 17.4 Å². The van der Waals surface area contributed by atoms with Crippen LogP contribution in [-0.4, -0.2) is 39.5 Å². The van der Waals surface area contributed by atoms with Crippen LogP contribution in [0.3, 0.4) is 0 Å². The summed E-state index contributed by atoms with van der Waals surface area (Å²) in [7, 11) is 3.60. The summed E-state index contributed by atoms with van der Waals surface area (Å²) >= 11 is 0. The summed E-state index contributed by atoms with van der Waals surface area (Å²) in [6.07, 6.45) is 2.47. The Bertz CT molecular complexity index is 1020. The molecule has 2 unspecified atom stereocenters. The van der Waals surface area contributed by atoms with E-state index in [1.54, 1.807) is 7.05 Å². The fraction of sp³-hybridized carbons (Fsp3) is 0.455. The largest absolute Gasteiger partial charge is 0.359 e. The van der Waals surface area contributed by atoms with Crippen LogP contribution in [0, 0.1) is 18.8 Å². The minimum atomic E-state index is -0.490. The van der Waals surface area contributed by atoms with Crippen molar-refractivity contribution in [3.63, 3.8) is 0 Å². The predicted octanol–water partition coefficient (Wildman–Crippen LogP) is 1.56. The van der Waals surface area contributed by atoms with E-state index in [1.807, 2.05) is 30.7 Å². The molecule has 0 radical (unpaired) electrons. The van der Waals surface area contributed by atoms with Crippen LogP contribution in [0.2, 0.25) is 0 Å². The van der Waals surface area contributed by atoms with Crippen molar-refractivity contribution in [2.24, 2.45) is 23.9 Å². The van der Waals surface area contributed by atoms with Crippen molar-refractivity contribution >= 4 is 17.4 Å². The van der Waals surface area contributed by atoms with Gasteiger partial charge in [-0.2, -0.15) is 0 Å². The number of carbonyl (C=O) groups is 2. The first-order valence-corrected chi connectivity index (χ1v) is 9.86. The number of fused-ring (bicyclic) bond motifs is 4. The van der Waals surface area contributed by atoms with Crippen LogP contribution in [0.25, 0.3) is 0 Å². The molecule has 3 aliphatic rings. The summed E-state index contributed by atoms with van der Waals surface area (Å²) in [5, 5.41) is 2.74. The van der Waals surface area contributed by atoms with Crippen LogP contribution >= 0.6 is 0 Å². The van der Waals surface area contributed by atoms with Gasteiger partial charge in [0.05, 0.1) is 23.1 Å². The first-order chi connectivity index (χ1) is 13.4. The number of carbonyl (C=O) groups excluding carboxylic acids is 2. The topological polar surface area (TPSA) is 76.3 Å². The molecule has 1 aromatic carbocycles. The van der Waals surface area contributed by atoms with Gasteiger partial charge in [-0.3, -0.25) is 14.6 Å². The second-order valence-electron chi connectivity index (χ2n) is 8.40. The Balaban J connectivity index is 1.67. The fourth-order valence-electron chi connectivity index (χ4n) is 5.29. The first kappa shape index (κ1) is 17.3. The molecule has 0 fully saturated rings. The number of aliphatic imine (C=N–C) groups is 1. The molecule has 6 nitrogen and oxygen atoms in total. The van der Waals surface area contributed by atoms with Gasteiger partial charge in [0.1, 0.15) is 17.3 Å². The maximum absolute atomic E-state index is 13.4. The lowest BCUT2D eigenvalue weighted by molar-refractivity contribution is -0.132. The Morgan fingerprint density at radius 2 is 1.89 bits per heavy atom. The Kier molecular flexibility index (Phi) is 3.63. The molecule has 1 amide bonds. The van der Waals surface area contributed by atoms with Crippen LogP contribution in [0.15, 0.2) is 29.3 Å². The van der Waals surface area contributed by atoms with Gasteiger partial charge in [-0.1, -0.05) is 24.3 Å². The van der Waals surface area contributed by atoms with Gasteiger partial charge in [-0.15, -0.1) is 0 Å². The molecule has 1 spiro atoms. The van der Waals surface area contributed by atoms with Crippen molar-refractivity contribution in [3.05, 3.63) is 52.6 Å². The number of hydrogen-bond acceptors (Lipinski definition) is 4. The molecule has 144 valence electrons. The molecule has 0 bridgehead atoms. The van der Waals surface area contributed by atoms with Crippen LogP contribution in [-0.2, 0) is 35.9 Å². The van der Waals surface area contributed by atoms with Gasteiger partial charge >= 0.3 is 0 Å². The van der Waals surface area contributed by atoms with E-state index in [0.717, 1.165) is 35.8 Å². The second-order valence-corrected chi connectivity index (χ2v) is 8.40. The third kappa shape index (κ3) is 2.33. The standard InChI is InChI=1S/C22H24N4O2/c1-12-24-19-16(26(12)3)8-15(21(28)23-2)18-17(27)11-22(25-20(18)19)9-13-6-4-5-7-14(13)10-22/h4-7,15,18H,8-11H2,1-3H3,(H,23,28). The van der Waals surface area contributed by atoms with E-state index in [9.17, 15) is 9.59 Å². The Hall–Kier alpha value is -2.76. The third-order valence-electron chi connectivity index (χ3n) is 6.74. The van der Waals surface area contributed by atoms with Gasteiger partial charge in [-0.05, 0) is 30.9 Å². The molecule has 1 aliphatic heterocycles. The van der Waals surface area contributed by atoms with Gasteiger partial charge in [0, 0.05) is 32.6 Å². The number of imidazole rings is 1. The highest BCUT2D eigenvalue weighted by molar-refractivity contribution is 6.18. The van der Waals surface area contributed by atoms with Crippen molar-refractivity contribution in [3.8, 4) is 0 Å². The molecule has 6 heteroatoms. The zero-order valence-electron chi connectivity index (χ0n) is 16.5. The van der Waals surface area contributed by atoms with Crippen molar-refractivity contribution in [2.45, 2.75) is 38.1 Å². The van der Waals surface area contributed by atoms with E-state index in [4.69, 9.17) is 9.98 Å². The number of benzene rings is 1. The molecule has 0 saturated heterocycles. The number of nitrogens with one attached hydrogen (secondary N) is 1. The lowest BCUT2D eigenvalue weighted by atomic mass is 9.69. The molecular weight excluding hydrogens is 352 g/mol. The van der Waals surface area contributed by atoms with Crippen LogP contribution in [0.5, 0.6) is 0 Å². The summed E-state index contributed by atoms with van der Waals surface area (Å²) in [4.78, 5) is 36.0. The van der Waals surface area contributed by atoms with E-state index >= 15 is 0 Å². The number of aryl methyl sites for hydroxylation is 1. The molecule has 1 N–H and O–H groups in total. The molecule has 2 heterocycles. The maximum atomic E-state index is 13.4. The number of amides is 1. The number of nitrogens with zero attached hydrogens (tertiary/aromatic N) is 3. The molecule has 0 saturated carbocycles. The molecule has 1 aromatic heterocycles. The summed E-state index contributed by atoms with van der Waals surface area (Å²) in [5.41, 5.74) is 4.65. The number of ketones is 1. The van der Waals surface area contributed by atoms with E-state index in [-0.39, 0.29) is 11.7 Å². The number of aromatic nitrogens is 2. The SMILES string of the molecule is CNC(=O)C1Cc2c(nc(C)n2C)C2=NC3(CC(=O)C21)Cc1ccccc1C3. The average Bonchev–Trinajstić information content (AvgIpc) is 3.17. The third-order valence-corrected chi connectivity index (χ3v) is 6.74. The number of rotatable bonds is 1. The predicted molar refractivity (Wildman–Crippen MR) is 105 cm³/mol. The smallest absolute Gasteiger partial charge is 0.224 e.